The molecule has 0 bridgehead atoms. The number of ether oxygens (including phenoxy) is 1. The summed E-state index contributed by atoms with van der Waals surface area (Å²) in [4.78, 5) is 15.9. The van der Waals surface area contributed by atoms with Crippen molar-refractivity contribution in [2.45, 2.75) is 33.6 Å². The van der Waals surface area contributed by atoms with Gasteiger partial charge in [-0.25, -0.2) is 9.78 Å². The minimum atomic E-state index is -0.445. The Hall–Kier alpha value is -2.10. The highest BCUT2D eigenvalue weighted by Crippen LogP contribution is 2.15. The molecule has 0 radical (unpaired) electrons. The second-order valence-electron chi connectivity index (χ2n) is 4.67. The van der Waals surface area contributed by atoms with E-state index >= 15 is 0 Å². The Bertz CT molecular complexity index is 602. The van der Waals surface area contributed by atoms with E-state index < -0.39 is 5.97 Å². The second kappa shape index (κ2) is 6.37. The number of esters is 1. The van der Waals surface area contributed by atoms with E-state index in [9.17, 15) is 4.79 Å². The van der Waals surface area contributed by atoms with Crippen molar-refractivity contribution in [2.75, 3.05) is 6.61 Å². The van der Waals surface area contributed by atoms with E-state index in [-0.39, 0.29) is 5.76 Å². The fourth-order valence-electron chi connectivity index (χ4n) is 2.08. The molecule has 2 aromatic rings. The third kappa shape index (κ3) is 3.26. The standard InChI is InChI=1S/C16H19NO3/c1-4-19-16(18)15-12(3)17-14(20-15)10-9-13-8-6-5-7-11(13)2/h5-8H,4,9-10H2,1-3H3. The van der Waals surface area contributed by atoms with Crippen molar-refractivity contribution in [1.82, 2.24) is 4.98 Å². The van der Waals surface area contributed by atoms with Crippen LogP contribution in [-0.4, -0.2) is 17.6 Å². The predicted octanol–water partition coefficient (Wildman–Crippen LogP) is 3.25. The first-order valence-corrected chi connectivity index (χ1v) is 6.79. The van der Waals surface area contributed by atoms with Crippen molar-refractivity contribution in [3.8, 4) is 0 Å². The fraction of sp³-hybridized carbons (Fsp3) is 0.375. The number of benzene rings is 1. The molecule has 0 unspecified atom stereocenters. The molecule has 0 aliphatic carbocycles. The van der Waals surface area contributed by atoms with Crippen LogP contribution in [0.15, 0.2) is 28.7 Å². The van der Waals surface area contributed by atoms with E-state index in [1.54, 1.807) is 13.8 Å². The quantitative estimate of drug-likeness (QED) is 0.785. The minimum Gasteiger partial charge on any atom is -0.460 e. The molecule has 0 saturated carbocycles. The maximum atomic E-state index is 11.7. The van der Waals surface area contributed by atoms with Crippen LogP contribution in [0, 0.1) is 13.8 Å². The van der Waals surface area contributed by atoms with Gasteiger partial charge in [0.1, 0.15) is 0 Å². The van der Waals surface area contributed by atoms with Gasteiger partial charge in [-0.2, -0.15) is 0 Å². The third-order valence-electron chi connectivity index (χ3n) is 3.17. The zero-order valence-corrected chi connectivity index (χ0v) is 12.1. The average molecular weight is 273 g/mol. The summed E-state index contributed by atoms with van der Waals surface area (Å²) in [7, 11) is 0. The summed E-state index contributed by atoms with van der Waals surface area (Å²) in [6.07, 6.45) is 1.51. The smallest absolute Gasteiger partial charge is 0.376 e. The first-order valence-electron chi connectivity index (χ1n) is 6.79. The van der Waals surface area contributed by atoms with Crippen LogP contribution < -0.4 is 0 Å². The average Bonchev–Trinajstić information content (AvgIpc) is 2.79. The summed E-state index contributed by atoms with van der Waals surface area (Å²) < 4.78 is 10.4. The van der Waals surface area contributed by atoms with Gasteiger partial charge in [-0.3, -0.25) is 0 Å². The highest BCUT2D eigenvalue weighted by molar-refractivity contribution is 5.87. The first-order chi connectivity index (χ1) is 9.61. The van der Waals surface area contributed by atoms with Gasteiger partial charge in [0.15, 0.2) is 5.89 Å². The molecule has 20 heavy (non-hydrogen) atoms. The molecule has 0 aliphatic heterocycles. The lowest BCUT2D eigenvalue weighted by atomic mass is 10.0. The molecule has 1 aromatic carbocycles. The lowest BCUT2D eigenvalue weighted by molar-refractivity contribution is 0.0487. The molecule has 1 aromatic heterocycles. The van der Waals surface area contributed by atoms with Crippen molar-refractivity contribution in [2.24, 2.45) is 0 Å². The Balaban J connectivity index is 2.06. The molecule has 106 valence electrons. The molecule has 4 nitrogen and oxygen atoms in total. The van der Waals surface area contributed by atoms with Gasteiger partial charge in [0, 0.05) is 6.42 Å². The van der Waals surface area contributed by atoms with Gasteiger partial charge in [0.25, 0.3) is 0 Å². The lowest BCUT2D eigenvalue weighted by Crippen LogP contribution is -2.04. The Labute approximate surface area is 118 Å². The van der Waals surface area contributed by atoms with E-state index in [1.807, 2.05) is 12.1 Å². The van der Waals surface area contributed by atoms with Gasteiger partial charge in [-0.05, 0) is 38.3 Å². The van der Waals surface area contributed by atoms with Crippen LogP contribution in [0.3, 0.4) is 0 Å². The number of aromatic nitrogens is 1. The van der Waals surface area contributed by atoms with Gasteiger partial charge in [0.05, 0.1) is 12.3 Å². The molecule has 1 heterocycles. The molecule has 0 amide bonds. The molecule has 2 rings (SSSR count). The number of carbonyl (C=O) groups is 1. The summed E-state index contributed by atoms with van der Waals surface area (Å²) in [5.41, 5.74) is 3.10. The summed E-state index contributed by atoms with van der Waals surface area (Å²) in [5.74, 6) is 0.347. The highest BCUT2D eigenvalue weighted by Gasteiger charge is 2.18. The molecule has 0 aliphatic rings. The molecule has 0 saturated heterocycles. The van der Waals surface area contributed by atoms with Crippen LogP contribution >= 0.6 is 0 Å². The molecule has 0 spiro atoms. The third-order valence-corrected chi connectivity index (χ3v) is 3.17. The first kappa shape index (κ1) is 14.3. The molecule has 0 atom stereocenters. The van der Waals surface area contributed by atoms with Gasteiger partial charge < -0.3 is 9.15 Å². The van der Waals surface area contributed by atoms with E-state index in [0.29, 0.717) is 24.6 Å². The largest absolute Gasteiger partial charge is 0.460 e. The SMILES string of the molecule is CCOC(=O)c1oc(CCc2ccccc2C)nc1C. The number of oxazole rings is 1. The number of aryl methyl sites for hydroxylation is 4. The maximum Gasteiger partial charge on any atom is 0.376 e. The number of rotatable bonds is 5. The fourth-order valence-corrected chi connectivity index (χ4v) is 2.08. The van der Waals surface area contributed by atoms with E-state index in [2.05, 4.69) is 24.0 Å². The van der Waals surface area contributed by atoms with Crippen LogP contribution in [0.2, 0.25) is 0 Å². The van der Waals surface area contributed by atoms with Crippen LogP contribution in [0.25, 0.3) is 0 Å². The summed E-state index contributed by atoms with van der Waals surface area (Å²) in [6, 6.07) is 8.22. The number of nitrogens with zero attached hydrogens (tertiary/aromatic N) is 1. The Kier molecular flexibility index (Phi) is 4.56. The van der Waals surface area contributed by atoms with E-state index in [0.717, 1.165) is 6.42 Å². The van der Waals surface area contributed by atoms with Gasteiger partial charge in [-0.1, -0.05) is 24.3 Å². The Morgan fingerprint density at radius 3 is 2.70 bits per heavy atom. The van der Waals surface area contributed by atoms with Crippen molar-refractivity contribution in [1.29, 1.82) is 0 Å². The molecular formula is C16H19NO3. The molecule has 4 heteroatoms. The molecule has 0 fully saturated rings. The van der Waals surface area contributed by atoms with Crippen molar-refractivity contribution in [3.63, 3.8) is 0 Å². The summed E-state index contributed by atoms with van der Waals surface area (Å²) >= 11 is 0. The van der Waals surface area contributed by atoms with Crippen LogP contribution in [-0.2, 0) is 17.6 Å². The van der Waals surface area contributed by atoms with Crippen LogP contribution in [0.4, 0.5) is 0 Å². The monoisotopic (exact) mass is 273 g/mol. The van der Waals surface area contributed by atoms with E-state index in [4.69, 9.17) is 9.15 Å². The summed E-state index contributed by atoms with van der Waals surface area (Å²) in [6.45, 7) is 5.94. The Morgan fingerprint density at radius 2 is 2.00 bits per heavy atom. The van der Waals surface area contributed by atoms with Crippen LogP contribution in [0.5, 0.6) is 0 Å². The Morgan fingerprint density at radius 1 is 1.25 bits per heavy atom. The topological polar surface area (TPSA) is 52.3 Å². The zero-order valence-electron chi connectivity index (χ0n) is 12.1. The number of carbonyl (C=O) groups excluding carboxylic acids is 1. The van der Waals surface area contributed by atoms with Crippen molar-refractivity contribution < 1.29 is 13.9 Å². The van der Waals surface area contributed by atoms with Crippen molar-refractivity contribution in [3.05, 3.63) is 52.7 Å². The molecule has 0 N–H and O–H groups in total. The zero-order chi connectivity index (χ0) is 14.5. The van der Waals surface area contributed by atoms with Crippen molar-refractivity contribution >= 4 is 5.97 Å². The normalized spacial score (nSPS) is 10.6. The number of hydrogen-bond donors (Lipinski definition) is 0. The molecular weight excluding hydrogens is 254 g/mol. The second-order valence-corrected chi connectivity index (χ2v) is 4.67. The predicted molar refractivity (Wildman–Crippen MR) is 75.8 cm³/mol. The van der Waals surface area contributed by atoms with Gasteiger partial charge >= 0.3 is 5.97 Å². The van der Waals surface area contributed by atoms with Gasteiger partial charge in [0.2, 0.25) is 5.76 Å². The minimum absolute atomic E-state index is 0.214. The lowest BCUT2D eigenvalue weighted by Gasteiger charge is -2.02. The summed E-state index contributed by atoms with van der Waals surface area (Å²) in [5, 5.41) is 0. The number of hydrogen-bond acceptors (Lipinski definition) is 4. The maximum absolute atomic E-state index is 11.7. The van der Waals surface area contributed by atoms with E-state index in [1.165, 1.54) is 11.1 Å². The van der Waals surface area contributed by atoms with Crippen LogP contribution in [0.1, 0.15) is 40.2 Å². The van der Waals surface area contributed by atoms with Gasteiger partial charge in [-0.15, -0.1) is 0 Å². The highest BCUT2D eigenvalue weighted by atomic mass is 16.5.